The molecule has 1 N–H and O–H groups in total. The molecule has 2 nitrogen and oxygen atoms in total. The van der Waals surface area contributed by atoms with Crippen molar-refractivity contribution in [1.82, 2.24) is 0 Å². The largest absolute Gasteiger partial charge is 0.376 e. The number of aliphatic hydroxyl groups is 1. The van der Waals surface area contributed by atoms with E-state index in [4.69, 9.17) is 10.4 Å². The molecular formula is C7H13NO. The minimum atomic E-state index is -1.13. The van der Waals surface area contributed by atoms with Crippen molar-refractivity contribution in [2.75, 3.05) is 0 Å². The maximum Gasteiger partial charge on any atom is 0.148 e. The Balaban J connectivity index is 3.76. The van der Waals surface area contributed by atoms with Gasteiger partial charge in [-0.2, -0.15) is 5.26 Å². The Morgan fingerprint density at radius 2 is 2.11 bits per heavy atom. The fourth-order valence-corrected chi connectivity index (χ4v) is 0.841. The third kappa shape index (κ3) is 3.99. The van der Waals surface area contributed by atoms with E-state index < -0.39 is 5.60 Å². The van der Waals surface area contributed by atoms with E-state index in [-0.39, 0.29) is 0 Å². The highest BCUT2D eigenvalue weighted by Gasteiger charge is 2.19. The molecule has 0 fully saturated rings. The predicted molar refractivity (Wildman–Crippen MR) is 35.7 cm³/mol. The van der Waals surface area contributed by atoms with Crippen molar-refractivity contribution in [2.24, 2.45) is 5.92 Å². The molecule has 1 atom stereocenters. The molecule has 0 aliphatic rings. The zero-order chi connectivity index (χ0) is 7.49. The minimum absolute atomic E-state index is 0.375. The van der Waals surface area contributed by atoms with Gasteiger partial charge in [-0.05, 0) is 19.3 Å². The summed E-state index contributed by atoms with van der Waals surface area (Å²) in [6.45, 7) is 5.49. The van der Waals surface area contributed by atoms with Crippen molar-refractivity contribution < 1.29 is 5.11 Å². The Morgan fingerprint density at radius 1 is 1.67 bits per heavy atom. The summed E-state index contributed by atoms with van der Waals surface area (Å²) in [7, 11) is 0. The lowest BCUT2D eigenvalue weighted by Gasteiger charge is -2.15. The van der Waals surface area contributed by atoms with Crippen LogP contribution in [0, 0.1) is 17.2 Å². The first-order chi connectivity index (χ1) is 3.98. The van der Waals surface area contributed by atoms with Gasteiger partial charge in [0.15, 0.2) is 0 Å². The Kier molecular flexibility index (Phi) is 2.66. The minimum Gasteiger partial charge on any atom is -0.376 e. The molecule has 0 aliphatic carbocycles. The summed E-state index contributed by atoms with van der Waals surface area (Å²) in [6.07, 6.45) is 0.545. The van der Waals surface area contributed by atoms with Crippen LogP contribution in [0.5, 0.6) is 0 Å². The van der Waals surface area contributed by atoms with Gasteiger partial charge < -0.3 is 5.11 Å². The molecule has 0 spiro atoms. The van der Waals surface area contributed by atoms with Crippen molar-refractivity contribution in [1.29, 1.82) is 5.26 Å². The quantitative estimate of drug-likeness (QED) is 0.568. The summed E-state index contributed by atoms with van der Waals surface area (Å²) < 4.78 is 0. The molecule has 0 aliphatic heterocycles. The molecule has 0 rings (SSSR count). The van der Waals surface area contributed by atoms with Crippen LogP contribution in [0.15, 0.2) is 0 Å². The summed E-state index contributed by atoms with van der Waals surface area (Å²) in [5.41, 5.74) is -1.13. The van der Waals surface area contributed by atoms with E-state index in [9.17, 15) is 0 Å². The van der Waals surface area contributed by atoms with Gasteiger partial charge >= 0.3 is 0 Å². The topological polar surface area (TPSA) is 44.0 Å². The average molecular weight is 127 g/mol. The van der Waals surface area contributed by atoms with Crippen molar-refractivity contribution in [3.05, 3.63) is 0 Å². The van der Waals surface area contributed by atoms with Crippen LogP contribution < -0.4 is 0 Å². The van der Waals surface area contributed by atoms with E-state index in [0.717, 1.165) is 0 Å². The second kappa shape index (κ2) is 2.84. The van der Waals surface area contributed by atoms with E-state index in [0.29, 0.717) is 12.3 Å². The van der Waals surface area contributed by atoms with Crippen LogP contribution >= 0.6 is 0 Å². The molecule has 0 amide bonds. The van der Waals surface area contributed by atoms with Gasteiger partial charge in [-0.25, -0.2) is 0 Å². The summed E-state index contributed by atoms with van der Waals surface area (Å²) in [4.78, 5) is 0. The average Bonchev–Trinajstić information content (AvgIpc) is 1.63. The van der Waals surface area contributed by atoms with Gasteiger partial charge in [0, 0.05) is 0 Å². The van der Waals surface area contributed by atoms with Gasteiger partial charge in [-0.15, -0.1) is 0 Å². The maximum atomic E-state index is 9.13. The SMILES string of the molecule is CC(C)C[C@](C)(O)C#N. The summed E-state index contributed by atoms with van der Waals surface area (Å²) in [5.74, 6) is 0.375. The molecule has 0 bridgehead atoms. The van der Waals surface area contributed by atoms with E-state index >= 15 is 0 Å². The normalized spacial score (nSPS) is 16.9. The summed E-state index contributed by atoms with van der Waals surface area (Å²) in [6, 6.07) is 1.83. The Morgan fingerprint density at radius 3 is 2.22 bits per heavy atom. The molecule has 0 heterocycles. The molecule has 0 saturated heterocycles. The highest BCUT2D eigenvalue weighted by molar-refractivity contribution is 4.96. The Labute approximate surface area is 56.1 Å². The Hall–Kier alpha value is -0.550. The summed E-state index contributed by atoms with van der Waals surface area (Å²) >= 11 is 0. The lowest BCUT2D eigenvalue weighted by atomic mass is 9.96. The fraction of sp³-hybridized carbons (Fsp3) is 0.857. The van der Waals surface area contributed by atoms with E-state index in [2.05, 4.69) is 0 Å². The number of hydrogen-bond acceptors (Lipinski definition) is 2. The van der Waals surface area contributed by atoms with Crippen LogP contribution in [-0.2, 0) is 0 Å². The lowest BCUT2D eigenvalue weighted by molar-refractivity contribution is 0.0953. The second-order valence-corrected chi connectivity index (χ2v) is 2.98. The molecule has 2 heteroatoms. The molecule has 0 radical (unpaired) electrons. The van der Waals surface area contributed by atoms with Crippen molar-refractivity contribution in [2.45, 2.75) is 32.8 Å². The van der Waals surface area contributed by atoms with Gasteiger partial charge in [-0.3, -0.25) is 0 Å². The smallest absolute Gasteiger partial charge is 0.148 e. The second-order valence-electron chi connectivity index (χ2n) is 2.98. The van der Waals surface area contributed by atoms with Gasteiger partial charge in [0.25, 0.3) is 0 Å². The fourth-order valence-electron chi connectivity index (χ4n) is 0.841. The third-order valence-electron chi connectivity index (χ3n) is 1.05. The van der Waals surface area contributed by atoms with Gasteiger partial charge in [-0.1, -0.05) is 13.8 Å². The van der Waals surface area contributed by atoms with Gasteiger partial charge in [0.1, 0.15) is 5.60 Å². The van der Waals surface area contributed by atoms with E-state index in [1.807, 2.05) is 19.9 Å². The number of hydrogen-bond donors (Lipinski definition) is 1. The monoisotopic (exact) mass is 127 g/mol. The molecule has 9 heavy (non-hydrogen) atoms. The predicted octanol–water partition coefficient (Wildman–Crippen LogP) is 1.31. The lowest BCUT2D eigenvalue weighted by Crippen LogP contribution is -2.23. The van der Waals surface area contributed by atoms with Crippen LogP contribution in [0.3, 0.4) is 0 Å². The van der Waals surface area contributed by atoms with Crippen LogP contribution in [-0.4, -0.2) is 10.7 Å². The van der Waals surface area contributed by atoms with Crippen molar-refractivity contribution >= 4 is 0 Å². The van der Waals surface area contributed by atoms with Crippen LogP contribution in [0.4, 0.5) is 0 Å². The zero-order valence-electron chi connectivity index (χ0n) is 6.18. The maximum absolute atomic E-state index is 9.13. The third-order valence-corrected chi connectivity index (χ3v) is 1.05. The van der Waals surface area contributed by atoms with E-state index in [1.54, 1.807) is 0 Å². The van der Waals surface area contributed by atoms with Crippen LogP contribution in [0.1, 0.15) is 27.2 Å². The molecule has 0 aromatic heterocycles. The number of nitriles is 1. The highest BCUT2D eigenvalue weighted by Crippen LogP contribution is 2.13. The summed E-state index contributed by atoms with van der Waals surface area (Å²) in [5, 5.41) is 17.5. The Bertz CT molecular complexity index is 121. The number of nitrogens with zero attached hydrogens (tertiary/aromatic N) is 1. The standard InChI is InChI=1S/C7H13NO/c1-6(2)4-7(3,9)5-8/h6,9H,4H2,1-3H3/t7-/m0/s1. The molecule has 52 valence electrons. The van der Waals surface area contributed by atoms with Crippen LogP contribution in [0.25, 0.3) is 0 Å². The zero-order valence-corrected chi connectivity index (χ0v) is 6.18. The van der Waals surface area contributed by atoms with Crippen molar-refractivity contribution in [3.8, 4) is 6.07 Å². The van der Waals surface area contributed by atoms with Gasteiger partial charge in [0.05, 0.1) is 6.07 Å². The molecule has 0 aromatic rings. The highest BCUT2D eigenvalue weighted by atomic mass is 16.3. The first-order valence-electron chi connectivity index (χ1n) is 3.11. The van der Waals surface area contributed by atoms with Crippen LogP contribution in [0.2, 0.25) is 0 Å². The molecule has 0 unspecified atom stereocenters. The van der Waals surface area contributed by atoms with Crippen molar-refractivity contribution in [3.63, 3.8) is 0 Å². The molecular weight excluding hydrogens is 114 g/mol. The number of rotatable bonds is 2. The van der Waals surface area contributed by atoms with Gasteiger partial charge in [0.2, 0.25) is 0 Å². The first-order valence-corrected chi connectivity index (χ1v) is 3.11. The molecule has 0 saturated carbocycles. The first kappa shape index (κ1) is 8.45. The molecule has 0 aromatic carbocycles. The van der Waals surface area contributed by atoms with E-state index in [1.165, 1.54) is 6.92 Å².